The lowest BCUT2D eigenvalue weighted by Crippen LogP contribution is -2.50. The van der Waals surface area contributed by atoms with Crippen LogP contribution in [0, 0.1) is 0 Å². The van der Waals surface area contributed by atoms with E-state index in [9.17, 15) is 9.59 Å². The van der Waals surface area contributed by atoms with Crippen LogP contribution >= 0.6 is 0 Å². The van der Waals surface area contributed by atoms with Gasteiger partial charge in [-0.25, -0.2) is 4.79 Å². The third kappa shape index (κ3) is 8.72. The third-order valence-corrected chi connectivity index (χ3v) is 14.5. The fraction of sp³-hybridized carbons (Fsp3) is 0.538. The number of likely N-dealkylation sites (tertiary alicyclic amines) is 1. The molecule has 1 saturated carbocycles. The average molecular weight is 671 g/mol. The second-order valence-corrected chi connectivity index (χ2v) is 21.0. The minimum atomic E-state index is -2.25. The van der Waals surface area contributed by atoms with E-state index < -0.39 is 13.9 Å². The molecule has 1 aliphatic carbocycles. The first-order valence-electron chi connectivity index (χ1n) is 17.4. The first-order valence-corrected chi connectivity index (χ1v) is 20.3. The number of hydrogen-bond acceptors (Lipinski definition) is 6. The summed E-state index contributed by atoms with van der Waals surface area (Å²) in [5.74, 6) is 0.518. The van der Waals surface area contributed by atoms with Crippen LogP contribution in [0.25, 0.3) is 0 Å². The zero-order valence-electron chi connectivity index (χ0n) is 30.3. The van der Waals surface area contributed by atoms with Gasteiger partial charge in [-0.3, -0.25) is 19.7 Å². The summed E-state index contributed by atoms with van der Waals surface area (Å²) in [6.45, 7) is 17.5. The van der Waals surface area contributed by atoms with Crippen molar-refractivity contribution in [1.82, 2.24) is 19.8 Å². The van der Waals surface area contributed by atoms with Gasteiger partial charge >= 0.3 is 6.09 Å². The minimum absolute atomic E-state index is 0.00732. The lowest BCUT2D eigenvalue weighted by atomic mass is 10.0. The van der Waals surface area contributed by atoms with Gasteiger partial charge < -0.3 is 14.1 Å². The number of pyridine rings is 2. The van der Waals surface area contributed by atoms with Crippen LogP contribution in [0.5, 0.6) is 0 Å². The van der Waals surface area contributed by atoms with Crippen LogP contribution in [0.1, 0.15) is 112 Å². The molecule has 2 unspecified atom stereocenters. The Labute approximate surface area is 288 Å². The number of carbonyl (C=O) groups is 2. The van der Waals surface area contributed by atoms with Crippen molar-refractivity contribution < 1.29 is 18.8 Å². The van der Waals surface area contributed by atoms with Crippen LogP contribution in [0.4, 0.5) is 4.79 Å². The third-order valence-electron chi connectivity index (χ3n) is 10.0. The van der Waals surface area contributed by atoms with Crippen LogP contribution in [0.3, 0.4) is 0 Å². The monoisotopic (exact) mass is 670 g/mol. The van der Waals surface area contributed by atoms with E-state index in [0.29, 0.717) is 24.4 Å². The molecule has 2 aliphatic rings. The van der Waals surface area contributed by atoms with Crippen molar-refractivity contribution in [2.75, 3.05) is 7.05 Å². The summed E-state index contributed by atoms with van der Waals surface area (Å²) in [5.41, 5.74) is 4.20. The summed E-state index contributed by atoms with van der Waals surface area (Å²) in [6, 6.07) is 15.7. The Bertz CT molecular complexity index is 1540. The molecule has 8 nitrogen and oxygen atoms in total. The maximum Gasteiger partial charge on any atom is 0.410 e. The summed E-state index contributed by atoms with van der Waals surface area (Å²) >= 11 is 0. The first-order chi connectivity index (χ1) is 22.5. The largest absolute Gasteiger partial charge is 0.444 e. The molecular formula is C39H54N4O4Si. The normalized spacial score (nSPS) is 19.2. The number of carbonyl (C=O) groups excluding carboxylic acids is 2. The van der Waals surface area contributed by atoms with Gasteiger partial charge in [0.05, 0.1) is 12.1 Å². The standard InChI is InChI=1S/C39H54N4O4Si/c1-38(2,3)46-37(45)43-32(23-27-12-14-30(15-13-27)36(44)42(7)26-28-11-10-22-40-24-28)19-21-34(43)35(47-48(8,9)39(4,5)6)31-18-20-33(41-25-31)29-16-17-29/h10-15,18,20,22,24-25,29,32,34-35H,16-17,19,21,23,26H2,1-9H3/t32?,34?,35-/m1/s1. The molecule has 0 radical (unpaired) electrons. The van der Waals surface area contributed by atoms with Crippen molar-refractivity contribution in [3.8, 4) is 0 Å². The second kappa shape index (κ2) is 14.1. The molecule has 2 amide bonds. The molecule has 0 bridgehead atoms. The molecule has 48 heavy (non-hydrogen) atoms. The molecule has 2 aromatic heterocycles. The number of rotatable bonds is 10. The van der Waals surface area contributed by atoms with Gasteiger partial charge in [0.25, 0.3) is 5.91 Å². The highest BCUT2D eigenvalue weighted by Crippen LogP contribution is 2.45. The van der Waals surface area contributed by atoms with E-state index in [0.717, 1.165) is 35.2 Å². The van der Waals surface area contributed by atoms with Gasteiger partial charge in [-0.2, -0.15) is 0 Å². The van der Waals surface area contributed by atoms with Gasteiger partial charge in [0, 0.05) is 55.4 Å². The van der Waals surface area contributed by atoms with Crippen molar-refractivity contribution in [3.63, 3.8) is 0 Å². The molecule has 2 fully saturated rings. The summed E-state index contributed by atoms with van der Waals surface area (Å²) in [6.07, 6.45) is 9.52. The predicted octanol–water partition coefficient (Wildman–Crippen LogP) is 8.70. The first kappa shape index (κ1) is 35.7. The number of hydrogen-bond donors (Lipinski definition) is 0. The van der Waals surface area contributed by atoms with Crippen molar-refractivity contribution in [1.29, 1.82) is 0 Å². The summed E-state index contributed by atoms with van der Waals surface area (Å²) in [4.78, 5) is 40.0. The fourth-order valence-electron chi connectivity index (χ4n) is 6.19. The number of amides is 2. The summed E-state index contributed by atoms with van der Waals surface area (Å²) in [7, 11) is -0.443. The lowest BCUT2D eigenvalue weighted by Gasteiger charge is -2.43. The average Bonchev–Trinajstić information content (AvgIpc) is 3.79. The molecule has 5 rings (SSSR count). The molecule has 9 heteroatoms. The molecule has 1 aliphatic heterocycles. The van der Waals surface area contributed by atoms with Crippen molar-refractivity contribution in [3.05, 3.63) is 95.1 Å². The zero-order chi connectivity index (χ0) is 34.9. The van der Waals surface area contributed by atoms with Crippen LogP contribution in [-0.4, -0.2) is 64.8 Å². The van der Waals surface area contributed by atoms with E-state index in [4.69, 9.17) is 14.1 Å². The smallest absolute Gasteiger partial charge is 0.410 e. The van der Waals surface area contributed by atoms with Gasteiger partial charge in [-0.05, 0) is 112 Å². The van der Waals surface area contributed by atoms with E-state index in [1.54, 1.807) is 24.3 Å². The fourth-order valence-corrected chi connectivity index (χ4v) is 7.47. The van der Waals surface area contributed by atoms with Crippen LogP contribution in [0.2, 0.25) is 18.1 Å². The molecule has 0 spiro atoms. The highest BCUT2D eigenvalue weighted by atomic mass is 28.4. The molecule has 258 valence electrons. The molecular weight excluding hydrogens is 617 g/mol. The Morgan fingerprint density at radius 3 is 2.21 bits per heavy atom. The SMILES string of the molecule is CN(Cc1cccnc1)C(=O)c1ccc(CC2CCC([C@H](O[Si](C)(C)C(C)(C)C)c3ccc(C4CC4)nc3)N2C(=O)OC(C)(C)C)cc1. The van der Waals surface area contributed by atoms with Crippen LogP contribution < -0.4 is 0 Å². The van der Waals surface area contributed by atoms with Gasteiger partial charge in [0.1, 0.15) is 5.60 Å². The van der Waals surface area contributed by atoms with Crippen molar-refractivity contribution in [2.45, 2.75) is 128 Å². The molecule has 1 saturated heterocycles. The number of ether oxygens (including phenoxy) is 1. The van der Waals surface area contributed by atoms with E-state index in [2.05, 4.69) is 51.0 Å². The highest BCUT2D eigenvalue weighted by molar-refractivity contribution is 6.74. The second-order valence-electron chi connectivity index (χ2n) is 16.2. The van der Waals surface area contributed by atoms with Gasteiger partial charge in [-0.1, -0.05) is 45.0 Å². The van der Waals surface area contributed by atoms with E-state index >= 15 is 0 Å². The quantitative estimate of drug-likeness (QED) is 0.201. The minimum Gasteiger partial charge on any atom is -0.444 e. The Balaban J connectivity index is 1.40. The van der Waals surface area contributed by atoms with Gasteiger partial charge in [0.2, 0.25) is 0 Å². The maximum absolute atomic E-state index is 14.1. The van der Waals surface area contributed by atoms with E-state index in [1.165, 1.54) is 12.8 Å². The predicted molar refractivity (Wildman–Crippen MR) is 192 cm³/mol. The summed E-state index contributed by atoms with van der Waals surface area (Å²) in [5, 5.41) is -0.00732. The van der Waals surface area contributed by atoms with Gasteiger partial charge in [0.15, 0.2) is 8.32 Å². The molecule has 3 atom stereocenters. The topological polar surface area (TPSA) is 84.9 Å². The maximum atomic E-state index is 14.1. The van der Waals surface area contributed by atoms with E-state index in [-0.39, 0.29) is 35.2 Å². The Hall–Kier alpha value is -3.56. The van der Waals surface area contributed by atoms with Crippen molar-refractivity contribution in [2.24, 2.45) is 0 Å². The van der Waals surface area contributed by atoms with Crippen LogP contribution in [0.15, 0.2) is 67.1 Å². The van der Waals surface area contributed by atoms with E-state index in [1.807, 2.05) is 68.3 Å². The molecule has 3 heterocycles. The Morgan fingerprint density at radius 1 is 0.938 bits per heavy atom. The number of aromatic nitrogens is 2. The molecule has 3 aromatic rings. The van der Waals surface area contributed by atoms with Crippen molar-refractivity contribution >= 4 is 20.3 Å². The Morgan fingerprint density at radius 2 is 1.65 bits per heavy atom. The number of benzene rings is 1. The zero-order valence-corrected chi connectivity index (χ0v) is 31.3. The summed E-state index contributed by atoms with van der Waals surface area (Å²) < 4.78 is 13.3. The van der Waals surface area contributed by atoms with Gasteiger partial charge in [-0.15, -0.1) is 0 Å². The Kier molecular flexibility index (Phi) is 10.5. The molecule has 1 aromatic carbocycles. The highest BCUT2D eigenvalue weighted by Gasteiger charge is 2.48. The van der Waals surface area contributed by atoms with Crippen LogP contribution in [-0.2, 0) is 22.1 Å². The number of nitrogens with zero attached hydrogens (tertiary/aromatic N) is 4. The lowest BCUT2D eigenvalue weighted by molar-refractivity contribution is -0.00244. The molecule has 0 N–H and O–H groups in total.